The summed E-state index contributed by atoms with van der Waals surface area (Å²) in [6.45, 7) is 4.38. The summed E-state index contributed by atoms with van der Waals surface area (Å²) in [5, 5.41) is 0. The SMILES string of the molecule is CC(C)Cc1cccc(C(=O)Cc2ccc(Br)cc2)c1. The maximum Gasteiger partial charge on any atom is 0.167 e. The van der Waals surface area contributed by atoms with E-state index < -0.39 is 0 Å². The highest BCUT2D eigenvalue weighted by Crippen LogP contribution is 2.15. The van der Waals surface area contributed by atoms with Crippen LogP contribution in [0.25, 0.3) is 0 Å². The largest absolute Gasteiger partial charge is 0.294 e. The average molecular weight is 331 g/mol. The summed E-state index contributed by atoms with van der Waals surface area (Å²) >= 11 is 3.40. The Morgan fingerprint density at radius 1 is 1.05 bits per heavy atom. The summed E-state index contributed by atoms with van der Waals surface area (Å²) < 4.78 is 1.03. The highest BCUT2D eigenvalue weighted by atomic mass is 79.9. The third-order valence-electron chi connectivity index (χ3n) is 3.17. The fraction of sp³-hybridized carbons (Fsp3) is 0.278. The first-order valence-corrected chi connectivity index (χ1v) is 7.70. The molecule has 0 amide bonds. The number of halogens is 1. The number of hydrogen-bond acceptors (Lipinski definition) is 1. The highest BCUT2D eigenvalue weighted by Gasteiger charge is 2.08. The van der Waals surface area contributed by atoms with Crippen LogP contribution in [0.1, 0.15) is 35.3 Å². The van der Waals surface area contributed by atoms with Crippen LogP contribution < -0.4 is 0 Å². The van der Waals surface area contributed by atoms with E-state index in [4.69, 9.17) is 0 Å². The van der Waals surface area contributed by atoms with Gasteiger partial charge >= 0.3 is 0 Å². The fourth-order valence-corrected chi connectivity index (χ4v) is 2.50. The second-order valence-electron chi connectivity index (χ2n) is 5.52. The van der Waals surface area contributed by atoms with E-state index in [0.717, 1.165) is 22.0 Å². The first-order chi connectivity index (χ1) is 9.54. The predicted octanol–water partition coefficient (Wildman–Crippen LogP) is 5.07. The van der Waals surface area contributed by atoms with Gasteiger partial charge in [-0.25, -0.2) is 0 Å². The molecule has 0 aromatic heterocycles. The van der Waals surface area contributed by atoms with Crippen molar-refractivity contribution in [3.05, 3.63) is 69.7 Å². The minimum atomic E-state index is 0.179. The van der Waals surface area contributed by atoms with Gasteiger partial charge in [0.15, 0.2) is 5.78 Å². The van der Waals surface area contributed by atoms with Gasteiger partial charge in [-0.05, 0) is 41.7 Å². The van der Waals surface area contributed by atoms with E-state index in [-0.39, 0.29) is 5.78 Å². The summed E-state index contributed by atoms with van der Waals surface area (Å²) in [5.41, 5.74) is 3.10. The maximum atomic E-state index is 12.3. The van der Waals surface area contributed by atoms with Crippen LogP contribution >= 0.6 is 15.9 Å². The van der Waals surface area contributed by atoms with Crippen LogP contribution in [-0.2, 0) is 12.8 Å². The number of hydrogen-bond donors (Lipinski definition) is 0. The van der Waals surface area contributed by atoms with E-state index in [0.29, 0.717) is 12.3 Å². The van der Waals surface area contributed by atoms with Crippen LogP contribution in [0.3, 0.4) is 0 Å². The van der Waals surface area contributed by atoms with Crippen molar-refractivity contribution in [2.75, 3.05) is 0 Å². The van der Waals surface area contributed by atoms with Crippen molar-refractivity contribution in [1.29, 1.82) is 0 Å². The molecule has 0 atom stereocenters. The van der Waals surface area contributed by atoms with Crippen molar-refractivity contribution in [3.8, 4) is 0 Å². The molecule has 0 radical (unpaired) electrons. The molecule has 104 valence electrons. The van der Waals surface area contributed by atoms with Gasteiger partial charge in [0, 0.05) is 16.5 Å². The summed E-state index contributed by atoms with van der Waals surface area (Å²) in [5.74, 6) is 0.782. The molecule has 0 aliphatic heterocycles. The van der Waals surface area contributed by atoms with Gasteiger partial charge in [0.2, 0.25) is 0 Å². The number of carbonyl (C=O) groups is 1. The standard InChI is InChI=1S/C18H19BrO/c1-13(2)10-15-4-3-5-16(11-15)18(20)12-14-6-8-17(19)9-7-14/h3-9,11,13H,10,12H2,1-2H3. The lowest BCUT2D eigenvalue weighted by Crippen LogP contribution is -2.04. The molecule has 0 N–H and O–H groups in total. The Balaban J connectivity index is 2.10. The molecular weight excluding hydrogens is 312 g/mol. The van der Waals surface area contributed by atoms with Crippen LogP contribution in [0.4, 0.5) is 0 Å². The van der Waals surface area contributed by atoms with Crippen molar-refractivity contribution >= 4 is 21.7 Å². The van der Waals surface area contributed by atoms with Crippen LogP contribution in [-0.4, -0.2) is 5.78 Å². The zero-order valence-electron chi connectivity index (χ0n) is 11.9. The fourth-order valence-electron chi connectivity index (χ4n) is 2.23. The van der Waals surface area contributed by atoms with Gasteiger partial charge in [0.1, 0.15) is 0 Å². The zero-order valence-corrected chi connectivity index (χ0v) is 13.5. The minimum Gasteiger partial charge on any atom is -0.294 e. The van der Waals surface area contributed by atoms with Gasteiger partial charge in [-0.3, -0.25) is 4.79 Å². The Morgan fingerprint density at radius 2 is 1.75 bits per heavy atom. The third-order valence-corrected chi connectivity index (χ3v) is 3.70. The molecule has 2 aromatic rings. The molecule has 2 rings (SSSR count). The maximum absolute atomic E-state index is 12.3. The van der Waals surface area contributed by atoms with E-state index in [2.05, 4.69) is 35.8 Å². The average Bonchev–Trinajstić information content (AvgIpc) is 2.41. The molecule has 0 spiro atoms. The molecule has 0 aliphatic carbocycles. The van der Waals surface area contributed by atoms with Crippen molar-refractivity contribution in [1.82, 2.24) is 0 Å². The second kappa shape index (κ2) is 6.85. The van der Waals surface area contributed by atoms with E-state index in [9.17, 15) is 4.79 Å². The first kappa shape index (κ1) is 15.0. The van der Waals surface area contributed by atoms with Crippen molar-refractivity contribution in [2.45, 2.75) is 26.7 Å². The zero-order chi connectivity index (χ0) is 14.5. The molecule has 20 heavy (non-hydrogen) atoms. The lowest BCUT2D eigenvalue weighted by Gasteiger charge is -2.07. The second-order valence-corrected chi connectivity index (χ2v) is 6.44. The normalized spacial score (nSPS) is 10.8. The molecule has 0 fully saturated rings. The van der Waals surface area contributed by atoms with Crippen LogP contribution in [0.15, 0.2) is 53.0 Å². The number of benzene rings is 2. The molecule has 2 heteroatoms. The molecule has 0 heterocycles. The Hall–Kier alpha value is -1.41. The third kappa shape index (κ3) is 4.31. The topological polar surface area (TPSA) is 17.1 Å². The lowest BCUT2D eigenvalue weighted by molar-refractivity contribution is 0.0993. The van der Waals surface area contributed by atoms with Crippen LogP contribution in [0, 0.1) is 5.92 Å². The van der Waals surface area contributed by atoms with Crippen molar-refractivity contribution in [3.63, 3.8) is 0 Å². The monoisotopic (exact) mass is 330 g/mol. The molecule has 0 unspecified atom stereocenters. The smallest absolute Gasteiger partial charge is 0.167 e. The molecule has 2 aromatic carbocycles. The minimum absolute atomic E-state index is 0.179. The Labute approximate surface area is 129 Å². The van der Waals surface area contributed by atoms with Gasteiger partial charge in [-0.15, -0.1) is 0 Å². The summed E-state index contributed by atoms with van der Waals surface area (Å²) in [6.07, 6.45) is 1.47. The van der Waals surface area contributed by atoms with Gasteiger partial charge < -0.3 is 0 Å². The highest BCUT2D eigenvalue weighted by molar-refractivity contribution is 9.10. The van der Waals surface area contributed by atoms with Gasteiger partial charge in [0.05, 0.1) is 0 Å². The van der Waals surface area contributed by atoms with Gasteiger partial charge in [-0.2, -0.15) is 0 Å². The first-order valence-electron chi connectivity index (χ1n) is 6.91. The van der Waals surface area contributed by atoms with E-state index in [1.807, 2.05) is 42.5 Å². The Bertz CT molecular complexity index is 585. The number of rotatable bonds is 5. The number of carbonyl (C=O) groups excluding carboxylic acids is 1. The molecule has 0 saturated heterocycles. The Morgan fingerprint density at radius 3 is 2.40 bits per heavy atom. The summed E-state index contributed by atoms with van der Waals surface area (Å²) in [4.78, 5) is 12.3. The van der Waals surface area contributed by atoms with Crippen molar-refractivity contribution < 1.29 is 4.79 Å². The molecule has 0 bridgehead atoms. The molecule has 0 aliphatic rings. The lowest BCUT2D eigenvalue weighted by atomic mass is 9.97. The number of Topliss-reactive ketones (excluding diaryl/α,β-unsaturated/α-hetero) is 1. The number of ketones is 1. The molecular formula is C18H19BrO. The van der Waals surface area contributed by atoms with E-state index in [1.165, 1.54) is 5.56 Å². The van der Waals surface area contributed by atoms with E-state index in [1.54, 1.807) is 0 Å². The summed E-state index contributed by atoms with van der Waals surface area (Å²) in [7, 11) is 0. The van der Waals surface area contributed by atoms with Gasteiger partial charge in [-0.1, -0.05) is 60.1 Å². The van der Waals surface area contributed by atoms with Crippen molar-refractivity contribution in [2.24, 2.45) is 5.92 Å². The Kier molecular flexibility index (Phi) is 5.13. The quantitative estimate of drug-likeness (QED) is 0.699. The summed E-state index contributed by atoms with van der Waals surface area (Å²) in [6, 6.07) is 15.9. The van der Waals surface area contributed by atoms with Crippen LogP contribution in [0.2, 0.25) is 0 Å². The van der Waals surface area contributed by atoms with Gasteiger partial charge in [0.25, 0.3) is 0 Å². The predicted molar refractivity (Wildman–Crippen MR) is 87.2 cm³/mol. The van der Waals surface area contributed by atoms with Crippen LogP contribution in [0.5, 0.6) is 0 Å². The van der Waals surface area contributed by atoms with E-state index >= 15 is 0 Å². The molecule has 1 nitrogen and oxygen atoms in total. The molecule has 0 saturated carbocycles.